The van der Waals surface area contributed by atoms with Gasteiger partial charge in [0.2, 0.25) is 11.8 Å². The Labute approximate surface area is 192 Å². The van der Waals surface area contributed by atoms with Crippen LogP contribution in [0.4, 0.5) is 4.39 Å². The molecule has 2 amide bonds. The molecule has 0 aliphatic heterocycles. The summed E-state index contributed by atoms with van der Waals surface area (Å²) in [4.78, 5) is 27.7. The largest absolute Gasteiger partial charge is 0.354 e. The quantitative estimate of drug-likeness (QED) is 0.539. The second kappa shape index (κ2) is 11.8. The molecule has 4 nitrogen and oxygen atoms in total. The summed E-state index contributed by atoms with van der Waals surface area (Å²) in [6, 6.07) is 13.9. The number of hydrogen-bond acceptors (Lipinski definition) is 2. The molecule has 32 heavy (non-hydrogen) atoms. The fraction of sp³-hybridized carbons (Fsp3) is 0.481. The number of hydrogen-bond donors (Lipinski definition) is 1. The molecular formula is C27H37FN2O2. The zero-order valence-electron chi connectivity index (χ0n) is 20.1. The van der Waals surface area contributed by atoms with Crippen LogP contribution in [0.2, 0.25) is 0 Å². The van der Waals surface area contributed by atoms with Crippen molar-refractivity contribution in [2.45, 2.75) is 78.3 Å². The minimum atomic E-state index is -0.553. The Hall–Kier alpha value is -2.69. The number of nitrogens with one attached hydrogen (secondary N) is 1. The Balaban J connectivity index is 2.16. The lowest BCUT2D eigenvalue weighted by molar-refractivity contribution is -0.141. The molecule has 0 aromatic heterocycles. The van der Waals surface area contributed by atoms with Crippen LogP contribution in [-0.4, -0.2) is 29.3 Å². The molecule has 0 radical (unpaired) electrons. The van der Waals surface area contributed by atoms with E-state index in [0.29, 0.717) is 25.8 Å². The number of rotatable bonds is 10. The molecule has 0 aliphatic rings. The molecule has 174 valence electrons. The van der Waals surface area contributed by atoms with Gasteiger partial charge in [0.15, 0.2) is 0 Å². The van der Waals surface area contributed by atoms with E-state index in [-0.39, 0.29) is 29.6 Å². The van der Waals surface area contributed by atoms with Crippen molar-refractivity contribution in [2.75, 3.05) is 6.54 Å². The van der Waals surface area contributed by atoms with Crippen molar-refractivity contribution in [1.82, 2.24) is 10.2 Å². The van der Waals surface area contributed by atoms with E-state index < -0.39 is 6.04 Å². The predicted molar refractivity (Wildman–Crippen MR) is 128 cm³/mol. The molecule has 0 fully saturated rings. The summed E-state index contributed by atoms with van der Waals surface area (Å²) < 4.78 is 13.3. The summed E-state index contributed by atoms with van der Waals surface area (Å²) in [5.41, 5.74) is 3.23. The maximum Gasteiger partial charge on any atom is 0.242 e. The number of aryl methyl sites for hydroxylation is 1. The van der Waals surface area contributed by atoms with Crippen molar-refractivity contribution in [2.24, 2.45) is 0 Å². The molecule has 2 aromatic rings. The van der Waals surface area contributed by atoms with E-state index in [1.807, 2.05) is 13.8 Å². The lowest BCUT2D eigenvalue weighted by atomic mass is 9.86. The molecule has 0 heterocycles. The van der Waals surface area contributed by atoms with Crippen molar-refractivity contribution in [3.63, 3.8) is 0 Å². The second-order valence-corrected chi connectivity index (χ2v) is 9.31. The van der Waals surface area contributed by atoms with Crippen molar-refractivity contribution in [3.8, 4) is 0 Å². The molecule has 5 heteroatoms. The Kier molecular flexibility index (Phi) is 9.42. The number of nitrogens with zero attached hydrogens (tertiary/aromatic N) is 1. The zero-order valence-corrected chi connectivity index (χ0v) is 20.1. The normalized spacial score (nSPS) is 12.3. The number of amides is 2. The summed E-state index contributed by atoms with van der Waals surface area (Å²) in [6.07, 6.45) is 2.27. The SMILES string of the molecule is CCCNC(=O)[C@H](CC)N(Cc1ccc(F)cc1)C(=O)CCc1ccc(C(C)(C)C)cc1. The monoisotopic (exact) mass is 440 g/mol. The van der Waals surface area contributed by atoms with Gasteiger partial charge in [-0.05, 0) is 53.5 Å². The van der Waals surface area contributed by atoms with Gasteiger partial charge in [-0.3, -0.25) is 9.59 Å². The predicted octanol–water partition coefficient (Wildman–Crippen LogP) is 5.39. The Morgan fingerprint density at radius 3 is 2.09 bits per heavy atom. The van der Waals surface area contributed by atoms with Crippen molar-refractivity contribution in [3.05, 3.63) is 71.0 Å². The Morgan fingerprint density at radius 1 is 0.969 bits per heavy atom. The highest BCUT2D eigenvalue weighted by molar-refractivity contribution is 5.87. The van der Waals surface area contributed by atoms with Gasteiger partial charge in [-0.25, -0.2) is 4.39 Å². The minimum absolute atomic E-state index is 0.0762. The standard InChI is InChI=1S/C27H37FN2O2/c1-6-18-29-26(32)24(7-2)30(19-21-10-15-23(28)16-11-21)25(31)17-12-20-8-13-22(14-9-20)27(3,4)5/h8-11,13-16,24H,6-7,12,17-19H2,1-5H3,(H,29,32)/t24-/m0/s1. The van der Waals surface area contributed by atoms with Gasteiger partial charge in [0.1, 0.15) is 11.9 Å². The van der Waals surface area contributed by atoms with Gasteiger partial charge >= 0.3 is 0 Å². The number of carbonyl (C=O) groups is 2. The van der Waals surface area contributed by atoms with Crippen LogP contribution in [0, 0.1) is 5.82 Å². The van der Waals surface area contributed by atoms with Crippen LogP contribution >= 0.6 is 0 Å². The summed E-state index contributed by atoms with van der Waals surface area (Å²) in [5.74, 6) is -0.537. The topological polar surface area (TPSA) is 49.4 Å². The molecule has 0 bridgehead atoms. The smallest absolute Gasteiger partial charge is 0.242 e. The first-order valence-corrected chi connectivity index (χ1v) is 11.6. The fourth-order valence-corrected chi connectivity index (χ4v) is 3.64. The fourth-order valence-electron chi connectivity index (χ4n) is 3.64. The zero-order chi connectivity index (χ0) is 23.7. The third-order valence-electron chi connectivity index (χ3n) is 5.65. The molecule has 1 atom stereocenters. The summed E-state index contributed by atoms with van der Waals surface area (Å²) >= 11 is 0. The van der Waals surface area contributed by atoms with Crippen LogP contribution in [-0.2, 0) is 28.0 Å². The van der Waals surface area contributed by atoms with Crippen LogP contribution in [0.1, 0.15) is 70.6 Å². The molecule has 2 rings (SSSR count). The molecule has 0 unspecified atom stereocenters. The van der Waals surface area contributed by atoms with Crippen LogP contribution in [0.25, 0.3) is 0 Å². The van der Waals surface area contributed by atoms with Gasteiger partial charge in [-0.15, -0.1) is 0 Å². The Morgan fingerprint density at radius 2 is 1.56 bits per heavy atom. The number of carbonyl (C=O) groups excluding carboxylic acids is 2. The molecule has 2 aromatic carbocycles. The van der Waals surface area contributed by atoms with E-state index >= 15 is 0 Å². The van der Waals surface area contributed by atoms with E-state index in [2.05, 4.69) is 50.4 Å². The van der Waals surface area contributed by atoms with Crippen LogP contribution in [0.3, 0.4) is 0 Å². The average Bonchev–Trinajstić information content (AvgIpc) is 2.76. The molecule has 0 saturated heterocycles. The highest BCUT2D eigenvalue weighted by Crippen LogP contribution is 2.23. The van der Waals surface area contributed by atoms with Gasteiger partial charge in [0, 0.05) is 19.5 Å². The van der Waals surface area contributed by atoms with Gasteiger partial charge in [-0.1, -0.05) is 71.0 Å². The van der Waals surface area contributed by atoms with E-state index in [1.54, 1.807) is 17.0 Å². The summed E-state index contributed by atoms with van der Waals surface area (Å²) in [7, 11) is 0. The molecule has 1 N–H and O–H groups in total. The second-order valence-electron chi connectivity index (χ2n) is 9.31. The molecular weight excluding hydrogens is 403 g/mol. The minimum Gasteiger partial charge on any atom is -0.354 e. The first kappa shape index (κ1) is 25.6. The molecule has 0 spiro atoms. The van der Waals surface area contributed by atoms with Crippen molar-refractivity contribution >= 4 is 11.8 Å². The van der Waals surface area contributed by atoms with E-state index in [9.17, 15) is 14.0 Å². The maximum absolute atomic E-state index is 13.3. The van der Waals surface area contributed by atoms with E-state index in [0.717, 1.165) is 17.5 Å². The van der Waals surface area contributed by atoms with Crippen LogP contribution in [0.5, 0.6) is 0 Å². The molecule has 0 aliphatic carbocycles. The lowest BCUT2D eigenvalue weighted by Gasteiger charge is -2.31. The first-order valence-electron chi connectivity index (χ1n) is 11.6. The highest BCUT2D eigenvalue weighted by Gasteiger charge is 2.28. The van der Waals surface area contributed by atoms with Crippen LogP contribution < -0.4 is 5.32 Å². The first-order chi connectivity index (χ1) is 15.2. The highest BCUT2D eigenvalue weighted by atomic mass is 19.1. The Bertz CT molecular complexity index is 870. The number of benzene rings is 2. The van der Waals surface area contributed by atoms with Crippen molar-refractivity contribution < 1.29 is 14.0 Å². The third kappa shape index (κ3) is 7.47. The average molecular weight is 441 g/mol. The maximum atomic E-state index is 13.3. The van der Waals surface area contributed by atoms with Crippen LogP contribution in [0.15, 0.2) is 48.5 Å². The summed E-state index contributed by atoms with van der Waals surface area (Å²) in [6.45, 7) is 11.3. The van der Waals surface area contributed by atoms with E-state index in [4.69, 9.17) is 0 Å². The van der Waals surface area contributed by atoms with Gasteiger partial charge < -0.3 is 10.2 Å². The van der Waals surface area contributed by atoms with Gasteiger partial charge in [0.05, 0.1) is 0 Å². The van der Waals surface area contributed by atoms with Crippen molar-refractivity contribution in [1.29, 1.82) is 0 Å². The third-order valence-corrected chi connectivity index (χ3v) is 5.65. The lowest BCUT2D eigenvalue weighted by Crippen LogP contribution is -2.49. The van der Waals surface area contributed by atoms with Gasteiger partial charge in [-0.2, -0.15) is 0 Å². The van der Waals surface area contributed by atoms with E-state index in [1.165, 1.54) is 17.7 Å². The number of halogens is 1. The van der Waals surface area contributed by atoms with Gasteiger partial charge in [0.25, 0.3) is 0 Å². The molecule has 0 saturated carbocycles. The summed E-state index contributed by atoms with van der Waals surface area (Å²) in [5, 5.41) is 2.91.